The molecule has 1 aromatic carbocycles. The summed E-state index contributed by atoms with van der Waals surface area (Å²) < 4.78 is 13.0. The number of nitrogen functional groups attached to an aromatic ring is 1. The number of pyridine rings is 1. The van der Waals surface area contributed by atoms with Crippen molar-refractivity contribution in [2.24, 2.45) is 0 Å². The Morgan fingerprint density at radius 2 is 2.00 bits per heavy atom. The number of hydrogen-bond acceptors (Lipinski definition) is 3. The van der Waals surface area contributed by atoms with Gasteiger partial charge >= 0.3 is 0 Å². The lowest BCUT2D eigenvalue weighted by Crippen LogP contribution is -2.30. The van der Waals surface area contributed by atoms with E-state index in [0.29, 0.717) is 5.69 Å². The first-order valence-electron chi connectivity index (χ1n) is 6.34. The third-order valence-electron chi connectivity index (χ3n) is 3.34. The van der Waals surface area contributed by atoms with Crippen molar-refractivity contribution in [3.05, 3.63) is 58.6 Å². The average molecular weight is 308 g/mol. The van der Waals surface area contributed by atoms with Crippen LogP contribution >= 0.6 is 11.6 Å². The molecule has 110 valence electrons. The number of nitrogens with zero attached hydrogens (tertiary/aromatic N) is 2. The van der Waals surface area contributed by atoms with Gasteiger partial charge in [0.15, 0.2) is 0 Å². The van der Waals surface area contributed by atoms with Crippen molar-refractivity contribution in [3.63, 3.8) is 0 Å². The zero-order chi connectivity index (χ0) is 15.6. The maximum atomic E-state index is 13.0. The average Bonchev–Trinajstić information content (AvgIpc) is 2.48. The SMILES string of the molecule is CC(c1ccc(F)cc1)N(C)C(=O)c1cc(N)cnc1Cl. The van der Waals surface area contributed by atoms with Gasteiger partial charge in [-0.2, -0.15) is 0 Å². The Hall–Kier alpha value is -2.14. The molecule has 2 aromatic rings. The number of halogens is 2. The molecule has 6 heteroatoms. The van der Waals surface area contributed by atoms with E-state index in [4.69, 9.17) is 17.3 Å². The molecule has 2 rings (SSSR count). The Morgan fingerprint density at radius 3 is 2.62 bits per heavy atom. The lowest BCUT2D eigenvalue weighted by Gasteiger charge is -2.25. The van der Waals surface area contributed by atoms with E-state index in [1.165, 1.54) is 29.3 Å². The smallest absolute Gasteiger partial charge is 0.257 e. The second kappa shape index (κ2) is 6.10. The van der Waals surface area contributed by atoms with Crippen LogP contribution in [0.5, 0.6) is 0 Å². The standard InChI is InChI=1S/C15H15ClFN3O/c1-9(10-3-5-11(17)6-4-10)20(2)15(21)13-7-12(18)8-19-14(13)16/h3-9H,18H2,1-2H3. The molecule has 0 radical (unpaired) electrons. The summed E-state index contributed by atoms with van der Waals surface area (Å²) in [6, 6.07) is 7.26. The number of aromatic nitrogens is 1. The Bertz CT molecular complexity index is 660. The van der Waals surface area contributed by atoms with Crippen LogP contribution in [0.1, 0.15) is 28.9 Å². The molecule has 2 N–H and O–H groups in total. The molecule has 1 heterocycles. The van der Waals surface area contributed by atoms with Crippen LogP contribution in [0.3, 0.4) is 0 Å². The zero-order valence-electron chi connectivity index (χ0n) is 11.7. The molecule has 1 amide bonds. The van der Waals surface area contributed by atoms with Gasteiger partial charge in [-0.1, -0.05) is 23.7 Å². The number of anilines is 1. The molecule has 0 spiro atoms. The molecule has 4 nitrogen and oxygen atoms in total. The number of hydrogen-bond donors (Lipinski definition) is 1. The second-order valence-electron chi connectivity index (χ2n) is 4.75. The third-order valence-corrected chi connectivity index (χ3v) is 3.65. The van der Waals surface area contributed by atoms with Crippen LogP contribution in [0.25, 0.3) is 0 Å². The fourth-order valence-electron chi connectivity index (χ4n) is 1.94. The van der Waals surface area contributed by atoms with E-state index in [2.05, 4.69) is 4.98 Å². The minimum atomic E-state index is -0.317. The Kier molecular flexibility index (Phi) is 4.43. The number of benzene rings is 1. The molecule has 0 bridgehead atoms. The monoisotopic (exact) mass is 307 g/mol. The predicted octanol–water partition coefficient (Wildman–Crippen LogP) is 3.29. The lowest BCUT2D eigenvalue weighted by atomic mass is 10.1. The van der Waals surface area contributed by atoms with Crippen LogP contribution in [-0.2, 0) is 0 Å². The summed E-state index contributed by atoms with van der Waals surface area (Å²) >= 11 is 5.94. The Labute approximate surface area is 127 Å². The van der Waals surface area contributed by atoms with Gasteiger partial charge in [0.05, 0.1) is 23.5 Å². The molecule has 0 aliphatic carbocycles. The van der Waals surface area contributed by atoms with Crippen LogP contribution in [0.2, 0.25) is 5.15 Å². The molecule has 0 fully saturated rings. The summed E-state index contributed by atoms with van der Waals surface area (Å²) in [6.07, 6.45) is 1.39. The highest BCUT2D eigenvalue weighted by Crippen LogP contribution is 2.24. The van der Waals surface area contributed by atoms with Crippen molar-refractivity contribution in [2.45, 2.75) is 13.0 Å². The Morgan fingerprint density at radius 1 is 1.38 bits per heavy atom. The van der Waals surface area contributed by atoms with Gasteiger partial charge in [0.25, 0.3) is 5.91 Å². The van der Waals surface area contributed by atoms with E-state index in [1.807, 2.05) is 6.92 Å². The minimum Gasteiger partial charge on any atom is -0.397 e. The van der Waals surface area contributed by atoms with E-state index in [-0.39, 0.29) is 28.5 Å². The van der Waals surface area contributed by atoms with Gasteiger partial charge in [0.2, 0.25) is 0 Å². The van der Waals surface area contributed by atoms with E-state index in [9.17, 15) is 9.18 Å². The van der Waals surface area contributed by atoms with Gasteiger partial charge < -0.3 is 10.6 Å². The summed E-state index contributed by atoms with van der Waals surface area (Å²) in [4.78, 5) is 17.8. The van der Waals surface area contributed by atoms with Crippen LogP contribution in [-0.4, -0.2) is 22.8 Å². The van der Waals surface area contributed by atoms with Gasteiger partial charge in [-0.15, -0.1) is 0 Å². The largest absolute Gasteiger partial charge is 0.397 e. The maximum absolute atomic E-state index is 13.0. The van der Waals surface area contributed by atoms with Crippen molar-refractivity contribution in [3.8, 4) is 0 Å². The fourth-order valence-corrected chi connectivity index (χ4v) is 2.13. The summed E-state index contributed by atoms with van der Waals surface area (Å²) in [5.74, 6) is -0.611. The summed E-state index contributed by atoms with van der Waals surface area (Å²) in [7, 11) is 1.65. The second-order valence-corrected chi connectivity index (χ2v) is 5.11. The van der Waals surface area contributed by atoms with E-state index < -0.39 is 0 Å². The quantitative estimate of drug-likeness (QED) is 0.885. The molecule has 21 heavy (non-hydrogen) atoms. The molecule has 0 saturated carbocycles. The first kappa shape index (κ1) is 15.3. The topological polar surface area (TPSA) is 59.2 Å². The van der Waals surface area contributed by atoms with Crippen molar-refractivity contribution < 1.29 is 9.18 Å². The van der Waals surface area contributed by atoms with Crippen LogP contribution < -0.4 is 5.73 Å². The van der Waals surface area contributed by atoms with Gasteiger partial charge in [-0.3, -0.25) is 4.79 Å². The minimum absolute atomic E-state index is 0.104. The molecule has 0 saturated heterocycles. The van der Waals surface area contributed by atoms with Gasteiger partial charge in [0, 0.05) is 7.05 Å². The number of rotatable bonds is 3. The van der Waals surface area contributed by atoms with Crippen LogP contribution in [0.15, 0.2) is 36.5 Å². The normalized spacial score (nSPS) is 12.0. The van der Waals surface area contributed by atoms with Crippen molar-refractivity contribution >= 4 is 23.2 Å². The summed E-state index contributed by atoms with van der Waals surface area (Å²) in [5, 5.41) is 0.104. The molecular weight excluding hydrogens is 293 g/mol. The highest BCUT2D eigenvalue weighted by Gasteiger charge is 2.21. The summed E-state index contributed by atoms with van der Waals surface area (Å²) in [6.45, 7) is 1.85. The van der Waals surface area contributed by atoms with Crippen molar-refractivity contribution in [2.75, 3.05) is 12.8 Å². The van der Waals surface area contributed by atoms with E-state index >= 15 is 0 Å². The maximum Gasteiger partial charge on any atom is 0.257 e. The first-order chi connectivity index (χ1) is 9.90. The molecule has 1 atom stereocenters. The highest BCUT2D eigenvalue weighted by atomic mass is 35.5. The number of amides is 1. The molecular formula is C15H15ClFN3O. The van der Waals surface area contributed by atoms with Crippen LogP contribution in [0, 0.1) is 5.82 Å². The number of carbonyl (C=O) groups is 1. The van der Waals surface area contributed by atoms with E-state index in [1.54, 1.807) is 19.2 Å². The number of nitrogens with two attached hydrogens (primary N) is 1. The molecule has 1 unspecified atom stereocenters. The molecule has 1 aromatic heterocycles. The van der Waals surface area contributed by atoms with Crippen LogP contribution in [0.4, 0.5) is 10.1 Å². The predicted molar refractivity (Wildman–Crippen MR) is 80.6 cm³/mol. The molecule has 0 aliphatic heterocycles. The summed E-state index contributed by atoms with van der Waals surface area (Å²) in [5.41, 5.74) is 7.07. The zero-order valence-corrected chi connectivity index (χ0v) is 12.4. The van der Waals surface area contributed by atoms with Gasteiger partial charge in [-0.25, -0.2) is 9.37 Å². The Balaban J connectivity index is 2.26. The third kappa shape index (κ3) is 3.31. The lowest BCUT2D eigenvalue weighted by molar-refractivity contribution is 0.0742. The van der Waals surface area contributed by atoms with Crippen molar-refractivity contribution in [1.82, 2.24) is 9.88 Å². The van der Waals surface area contributed by atoms with Crippen molar-refractivity contribution in [1.29, 1.82) is 0 Å². The van der Waals surface area contributed by atoms with Gasteiger partial charge in [0.1, 0.15) is 11.0 Å². The number of carbonyl (C=O) groups excluding carboxylic acids is 1. The highest BCUT2D eigenvalue weighted by molar-refractivity contribution is 6.32. The molecule has 0 aliphatic rings. The first-order valence-corrected chi connectivity index (χ1v) is 6.71. The van der Waals surface area contributed by atoms with E-state index in [0.717, 1.165) is 5.56 Å². The van der Waals surface area contributed by atoms with Gasteiger partial charge in [-0.05, 0) is 30.7 Å². The fraction of sp³-hybridized carbons (Fsp3) is 0.200.